The van der Waals surface area contributed by atoms with Gasteiger partial charge in [0.25, 0.3) is 11.1 Å². The molecule has 2 aromatic rings. The van der Waals surface area contributed by atoms with Crippen LogP contribution in [0.15, 0.2) is 42.5 Å². The number of benzene rings is 2. The number of nitrogens with zero attached hydrogens (tertiary/aromatic N) is 1. The number of ether oxygens (including phenoxy) is 3. The molecule has 0 radical (unpaired) electrons. The third-order valence-electron chi connectivity index (χ3n) is 4.95. The SMILES string of the molecule is CN1C(=O)[C@]2(NC(=S)O[C@H]2c2ccc3c(c2)OCO3)c2ccccc21. The number of nitrogens with one attached hydrogen (secondary N) is 1. The maximum absolute atomic E-state index is 13.2. The Morgan fingerprint density at radius 1 is 1.20 bits per heavy atom. The van der Waals surface area contributed by atoms with E-state index in [1.54, 1.807) is 11.9 Å². The number of hydrogen-bond donors (Lipinski definition) is 1. The van der Waals surface area contributed by atoms with E-state index in [-0.39, 0.29) is 17.9 Å². The van der Waals surface area contributed by atoms with Crippen LogP contribution in [0.3, 0.4) is 0 Å². The van der Waals surface area contributed by atoms with Crippen LogP contribution in [0.2, 0.25) is 0 Å². The van der Waals surface area contributed by atoms with Crippen LogP contribution >= 0.6 is 12.2 Å². The van der Waals surface area contributed by atoms with Crippen LogP contribution in [0, 0.1) is 0 Å². The zero-order valence-corrected chi connectivity index (χ0v) is 14.1. The van der Waals surface area contributed by atoms with E-state index in [0.29, 0.717) is 11.5 Å². The van der Waals surface area contributed by atoms with Crippen molar-refractivity contribution in [1.82, 2.24) is 5.32 Å². The molecule has 2 aromatic carbocycles. The number of anilines is 1. The van der Waals surface area contributed by atoms with E-state index in [1.165, 1.54) is 0 Å². The molecule has 1 saturated heterocycles. The Morgan fingerprint density at radius 2 is 2.00 bits per heavy atom. The second-order valence-electron chi connectivity index (χ2n) is 6.21. The van der Waals surface area contributed by atoms with Crippen LogP contribution in [0.5, 0.6) is 11.5 Å². The van der Waals surface area contributed by atoms with Crippen molar-refractivity contribution < 1.29 is 19.0 Å². The molecule has 0 unspecified atom stereocenters. The first-order chi connectivity index (χ1) is 12.1. The van der Waals surface area contributed by atoms with E-state index in [0.717, 1.165) is 16.8 Å². The topological polar surface area (TPSA) is 60.0 Å². The van der Waals surface area contributed by atoms with Gasteiger partial charge in [-0.2, -0.15) is 0 Å². The molecule has 3 heterocycles. The predicted octanol–water partition coefficient (Wildman–Crippen LogP) is 2.23. The molecule has 1 amide bonds. The summed E-state index contributed by atoms with van der Waals surface area (Å²) in [4.78, 5) is 14.9. The zero-order valence-electron chi connectivity index (χ0n) is 13.3. The van der Waals surface area contributed by atoms with E-state index in [4.69, 9.17) is 26.4 Å². The number of rotatable bonds is 1. The average molecular weight is 354 g/mol. The lowest BCUT2D eigenvalue weighted by Crippen LogP contribution is -2.49. The minimum atomic E-state index is -1.07. The van der Waals surface area contributed by atoms with E-state index >= 15 is 0 Å². The van der Waals surface area contributed by atoms with Crippen LogP contribution in [-0.4, -0.2) is 24.9 Å². The van der Waals surface area contributed by atoms with Crippen molar-refractivity contribution in [2.45, 2.75) is 11.6 Å². The Bertz CT molecular complexity index is 931. The summed E-state index contributed by atoms with van der Waals surface area (Å²) in [7, 11) is 1.76. The lowest BCUT2D eigenvalue weighted by atomic mass is 9.83. The summed E-state index contributed by atoms with van der Waals surface area (Å²) in [6.45, 7) is 0.191. The van der Waals surface area contributed by atoms with Crippen molar-refractivity contribution in [3.8, 4) is 11.5 Å². The summed E-state index contributed by atoms with van der Waals surface area (Å²) in [5.41, 5.74) is 1.43. The van der Waals surface area contributed by atoms with Gasteiger partial charge in [-0.05, 0) is 36.0 Å². The highest BCUT2D eigenvalue weighted by Crippen LogP contribution is 2.51. The second kappa shape index (κ2) is 4.86. The number of carbonyl (C=O) groups is 1. The van der Waals surface area contributed by atoms with Crippen LogP contribution in [0.4, 0.5) is 5.69 Å². The number of hydrogen-bond acceptors (Lipinski definition) is 5. The van der Waals surface area contributed by atoms with Crippen molar-refractivity contribution in [2.75, 3.05) is 18.7 Å². The van der Waals surface area contributed by atoms with Crippen LogP contribution in [0.1, 0.15) is 17.2 Å². The summed E-state index contributed by atoms with van der Waals surface area (Å²) >= 11 is 5.27. The molecule has 5 rings (SSSR count). The smallest absolute Gasteiger partial charge is 0.261 e. The minimum absolute atomic E-state index is 0.101. The average Bonchev–Trinajstić information content (AvgIpc) is 3.28. The fraction of sp³-hybridized carbons (Fsp3) is 0.222. The second-order valence-corrected chi connectivity index (χ2v) is 6.58. The normalized spacial score (nSPS) is 26.0. The van der Waals surface area contributed by atoms with Crippen molar-refractivity contribution in [2.24, 2.45) is 0 Å². The summed E-state index contributed by atoms with van der Waals surface area (Å²) in [5, 5.41) is 3.34. The molecular weight excluding hydrogens is 340 g/mol. The third kappa shape index (κ3) is 1.78. The highest BCUT2D eigenvalue weighted by atomic mass is 32.1. The zero-order chi connectivity index (χ0) is 17.2. The summed E-state index contributed by atoms with van der Waals surface area (Å²) < 4.78 is 16.7. The number of likely N-dealkylation sites (N-methyl/N-ethyl adjacent to an activating group) is 1. The Kier molecular flexibility index (Phi) is 2.82. The Labute approximate surface area is 149 Å². The van der Waals surface area contributed by atoms with Gasteiger partial charge in [-0.25, -0.2) is 0 Å². The van der Waals surface area contributed by atoms with Crippen molar-refractivity contribution >= 4 is 29.0 Å². The van der Waals surface area contributed by atoms with Crippen molar-refractivity contribution in [1.29, 1.82) is 0 Å². The van der Waals surface area contributed by atoms with Gasteiger partial charge in [-0.1, -0.05) is 24.3 Å². The number of thiocarbonyl (C=S) groups is 1. The van der Waals surface area contributed by atoms with Gasteiger partial charge in [0, 0.05) is 18.3 Å². The monoisotopic (exact) mass is 354 g/mol. The number of para-hydroxylation sites is 1. The van der Waals surface area contributed by atoms with Gasteiger partial charge in [0.1, 0.15) is 0 Å². The molecule has 2 atom stereocenters. The molecule has 1 spiro atoms. The third-order valence-corrected chi connectivity index (χ3v) is 5.15. The lowest BCUT2D eigenvalue weighted by Gasteiger charge is -2.27. The van der Waals surface area contributed by atoms with Crippen molar-refractivity contribution in [3.05, 3.63) is 53.6 Å². The molecule has 3 aliphatic rings. The molecule has 1 fully saturated rings. The van der Waals surface area contributed by atoms with E-state index in [1.807, 2.05) is 42.5 Å². The Balaban J connectivity index is 1.70. The molecule has 1 N–H and O–H groups in total. The minimum Gasteiger partial charge on any atom is -0.459 e. The van der Waals surface area contributed by atoms with Gasteiger partial charge >= 0.3 is 0 Å². The van der Waals surface area contributed by atoms with Gasteiger partial charge < -0.3 is 24.4 Å². The van der Waals surface area contributed by atoms with Gasteiger partial charge in [0.2, 0.25) is 6.79 Å². The molecule has 25 heavy (non-hydrogen) atoms. The van der Waals surface area contributed by atoms with Gasteiger partial charge in [0.05, 0.1) is 0 Å². The fourth-order valence-corrected chi connectivity index (χ4v) is 4.07. The standard InChI is InChI=1S/C18H14N2O4S/c1-20-12-5-3-2-4-11(12)18(16(20)21)15(24-17(25)19-18)10-6-7-13-14(8-10)23-9-22-13/h2-8,15H,9H2,1H3,(H,19,25)/t15-,18-/m0/s1. The lowest BCUT2D eigenvalue weighted by molar-refractivity contribution is -0.125. The molecular formula is C18H14N2O4S. The Hall–Kier alpha value is -2.80. The number of fused-ring (bicyclic) bond motifs is 3. The fourth-order valence-electron chi connectivity index (χ4n) is 3.81. The molecule has 0 aromatic heterocycles. The maximum Gasteiger partial charge on any atom is 0.261 e. The molecule has 7 heteroatoms. The largest absolute Gasteiger partial charge is 0.459 e. The van der Waals surface area contributed by atoms with Crippen LogP contribution < -0.4 is 19.7 Å². The summed E-state index contributed by atoms with van der Waals surface area (Å²) in [5.74, 6) is 1.22. The highest BCUT2D eigenvalue weighted by Gasteiger charge is 2.61. The first kappa shape index (κ1) is 14.5. The first-order valence-electron chi connectivity index (χ1n) is 7.87. The number of amides is 1. The predicted molar refractivity (Wildman–Crippen MR) is 93.7 cm³/mol. The first-order valence-corrected chi connectivity index (χ1v) is 8.28. The Morgan fingerprint density at radius 3 is 2.88 bits per heavy atom. The molecule has 0 aliphatic carbocycles. The van der Waals surface area contributed by atoms with E-state index < -0.39 is 11.6 Å². The van der Waals surface area contributed by atoms with E-state index in [2.05, 4.69) is 5.32 Å². The molecule has 6 nitrogen and oxygen atoms in total. The van der Waals surface area contributed by atoms with Crippen LogP contribution in [-0.2, 0) is 15.1 Å². The van der Waals surface area contributed by atoms with Gasteiger partial charge in [-0.15, -0.1) is 0 Å². The van der Waals surface area contributed by atoms with Crippen molar-refractivity contribution in [3.63, 3.8) is 0 Å². The summed E-state index contributed by atoms with van der Waals surface area (Å²) in [6, 6.07) is 13.2. The highest BCUT2D eigenvalue weighted by molar-refractivity contribution is 7.80. The quantitative estimate of drug-likeness (QED) is 0.793. The molecule has 0 saturated carbocycles. The molecule has 0 bridgehead atoms. The van der Waals surface area contributed by atoms with Gasteiger partial charge in [-0.3, -0.25) is 4.79 Å². The molecule has 3 aliphatic heterocycles. The summed E-state index contributed by atoms with van der Waals surface area (Å²) in [6.07, 6.45) is -0.590. The van der Waals surface area contributed by atoms with E-state index in [9.17, 15) is 4.79 Å². The number of carbonyl (C=O) groups excluding carboxylic acids is 1. The van der Waals surface area contributed by atoms with Crippen LogP contribution in [0.25, 0.3) is 0 Å². The molecule has 126 valence electrons. The maximum atomic E-state index is 13.2. The van der Waals surface area contributed by atoms with Gasteiger partial charge in [0.15, 0.2) is 23.1 Å².